The highest BCUT2D eigenvalue weighted by Crippen LogP contribution is 2.28. The average molecular weight is 305 g/mol. The summed E-state index contributed by atoms with van der Waals surface area (Å²) in [6.45, 7) is 0. The van der Waals surface area contributed by atoms with Gasteiger partial charge in [-0.2, -0.15) is 0 Å². The van der Waals surface area contributed by atoms with E-state index in [1.165, 1.54) is 12.1 Å². The second-order valence-corrected chi connectivity index (χ2v) is 6.05. The maximum atomic E-state index is 13.4. The molecule has 1 heterocycles. The third kappa shape index (κ3) is 2.38. The van der Waals surface area contributed by atoms with Crippen molar-refractivity contribution in [2.24, 2.45) is 7.05 Å². The number of hydrogen-bond acceptors (Lipinski definition) is 1. The lowest BCUT2D eigenvalue weighted by Gasteiger charge is -2.17. The third-order valence-corrected chi connectivity index (χ3v) is 4.52. The third-order valence-electron chi connectivity index (χ3n) is 4.52. The van der Waals surface area contributed by atoms with Crippen LogP contribution in [0.15, 0.2) is 54.2 Å². The van der Waals surface area contributed by atoms with Gasteiger partial charge in [0.05, 0.1) is 0 Å². The van der Waals surface area contributed by atoms with Crippen molar-refractivity contribution in [3.05, 3.63) is 76.7 Å². The van der Waals surface area contributed by atoms with Crippen molar-refractivity contribution < 1.29 is 9.18 Å². The van der Waals surface area contributed by atoms with Crippen LogP contribution in [0.1, 0.15) is 27.9 Å². The second kappa shape index (κ2) is 5.20. The molecule has 0 saturated heterocycles. The van der Waals surface area contributed by atoms with Gasteiger partial charge in [-0.25, -0.2) is 4.39 Å². The Labute approximate surface area is 133 Å². The maximum Gasteiger partial charge on any atom is 0.189 e. The Balaban J connectivity index is 1.74. The summed E-state index contributed by atoms with van der Waals surface area (Å²) in [4.78, 5) is 12.6. The van der Waals surface area contributed by atoms with Crippen molar-refractivity contribution >= 4 is 22.8 Å². The molecule has 0 spiro atoms. The summed E-state index contributed by atoms with van der Waals surface area (Å²) >= 11 is 0. The van der Waals surface area contributed by atoms with Crippen LogP contribution in [0.4, 0.5) is 4.39 Å². The molecule has 0 atom stereocenters. The van der Waals surface area contributed by atoms with Gasteiger partial charge in [0.2, 0.25) is 0 Å². The molecule has 3 heteroatoms. The Hall–Kier alpha value is -2.68. The molecule has 0 unspecified atom stereocenters. The van der Waals surface area contributed by atoms with Gasteiger partial charge in [0, 0.05) is 35.3 Å². The van der Waals surface area contributed by atoms with Gasteiger partial charge in [-0.3, -0.25) is 4.79 Å². The van der Waals surface area contributed by atoms with Crippen LogP contribution < -0.4 is 0 Å². The summed E-state index contributed by atoms with van der Waals surface area (Å²) in [6.07, 6.45) is 5.43. The van der Waals surface area contributed by atoms with Gasteiger partial charge >= 0.3 is 0 Å². The van der Waals surface area contributed by atoms with Gasteiger partial charge in [-0.1, -0.05) is 12.1 Å². The zero-order chi connectivity index (χ0) is 16.0. The molecule has 0 N–H and O–H groups in total. The molecular formula is C20H16FNO. The number of carbonyl (C=O) groups excluding carboxylic acids is 1. The monoisotopic (exact) mass is 305 g/mol. The first kappa shape index (κ1) is 13.9. The van der Waals surface area contributed by atoms with Crippen molar-refractivity contribution in [3.8, 4) is 0 Å². The standard InChI is InChI=1S/C20H16FNO/c1-22-9-8-15-10-13(2-7-19(15)22)11-16-4-3-14-5-6-17(21)12-18(14)20(16)23/h2,5-12H,3-4H2,1H3/b16-11+. The van der Waals surface area contributed by atoms with Crippen LogP contribution in [0.3, 0.4) is 0 Å². The number of allylic oxidation sites excluding steroid dienone is 1. The Morgan fingerprint density at radius 3 is 2.83 bits per heavy atom. The van der Waals surface area contributed by atoms with Crippen LogP contribution in [-0.2, 0) is 13.5 Å². The van der Waals surface area contributed by atoms with Crippen molar-refractivity contribution in [3.63, 3.8) is 0 Å². The quantitative estimate of drug-likeness (QED) is 0.605. The fourth-order valence-corrected chi connectivity index (χ4v) is 3.26. The summed E-state index contributed by atoms with van der Waals surface area (Å²) in [5, 5.41) is 1.15. The first-order valence-electron chi connectivity index (χ1n) is 7.70. The number of ketones is 1. The van der Waals surface area contributed by atoms with Gasteiger partial charge in [-0.15, -0.1) is 0 Å². The highest BCUT2D eigenvalue weighted by atomic mass is 19.1. The molecule has 23 heavy (non-hydrogen) atoms. The smallest absolute Gasteiger partial charge is 0.189 e. The lowest BCUT2D eigenvalue weighted by molar-refractivity contribution is 0.102. The van der Waals surface area contributed by atoms with E-state index in [-0.39, 0.29) is 11.6 Å². The molecule has 0 saturated carbocycles. The average Bonchev–Trinajstić information content (AvgIpc) is 2.91. The molecule has 0 bridgehead atoms. The second-order valence-electron chi connectivity index (χ2n) is 6.05. The van der Waals surface area contributed by atoms with E-state index in [1.54, 1.807) is 6.07 Å². The number of aromatic nitrogens is 1. The van der Waals surface area contributed by atoms with Gasteiger partial charge in [0.1, 0.15) is 5.82 Å². The summed E-state index contributed by atoms with van der Waals surface area (Å²) in [5.41, 5.74) is 4.36. The van der Waals surface area contributed by atoms with E-state index >= 15 is 0 Å². The minimum atomic E-state index is -0.357. The van der Waals surface area contributed by atoms with E-state index in [1.807, 2.05) is 25.4 Å². The Morgan fingerprint density at radius 2 is 1.96 bits per heavy atom. The van der Waals surface area contributed by atoms with Gasteiger partial charge in [0.15, 0.2) is 5.78 Å². The number of fused-ring (bicyclic) bond motifs is 2. The molecule has 1 aliphatic rings. The summed E-state index contributed by atoms with van der Waals surface area (Å²) in [7, 11) is 2.01. The molecule has 4 rings (SSSR count). The minimum absolute atomic E-state index is 0.0566. The lowest BCUT2D eigenvalue weighted by Crippen LogP contribution is -2.14. The van der Waals surface area contributed by atoms with Crippen molar-refractivity contribution in [1.29, 1.82) is 0 Å². The van der Waals surface area contributed by atoms with E-state index in [4.69, 9.17) is 0 Å². The summed E-state index contributed by atoms with van der Waals surface area (Å²) in [5.74, 6) is -0.414. The molecule has 2 aromatic carbocycles. The van der Waals surface area contributed by atoms with E-state index in [9.17, 15) is 9.18 Å². The van der Waals surface area contributed by atoms with E-state index in [0.29, 0.717) is 12.0 Å². The Bertz CT molecular complexity index is 965. The largest absolute Gasteiger partial charge is 0.351 e. The number of halogens is 1. The molecule has 2 nitrogen and oxygen atoms in total. The zero-order valence-electron chi connectivity index (χ0n) is 12.8. The Kier molecular flexibility index (Phi) is 3.15. The van der Waals surface area contributed by atoms with Crippen molar-refractivity contribution in [1.82, 2.24) is 4.57 Å². The summed E-state index contributed by atoms with van der Waals surface area (Å²) < 4.78 is 15.5. The fourth-order valence-electron chi connectivity index (χ4n) is 3.26. The van der Waals surface area contributed by atoms with Crippen LogP contribution in [0.2, 0.25) is 0 Å². The fraction of sp³-hybridized carbons (Fsp3) is 0.150. The molecule has 1 aliphatic carbocycles. The predicted octanol–water partition coefficient (Wildman–Crippen LogP) is 4.53. The minimum Gasteiger partial charge on any atom is -0.351 e. The maximum absolute atomic E-state index is 13.4. The van der Waals surface area contributed by atoms with E-state index in [2.05, 4.69) is 22.8 Å². The van der Waals surface area contributed by atoms with Crippen LogP contribution in [0, 0.1) is 5.82 Å². The number of Topliss-reactive ketones (excluding diaryl/α,β-unsaturated/α-hetero) is 1. The van der Waals surface area contributed by atoms with Crippen molar-refractivity contribution in [2.75, 3.05) is 0 Å². The number of nitrogens with zero attached hydrogens (tertiary/aromatic N) is 1. The van der Waals surface area contributed by atoms with Gasteiger partial charge in [-0.05, 0) is 60.4 Å². The molecule has 0 fully saturated rings. The number of carbonyl (C=O) groups is 1. The molecule has 114 valence electrons. The Morgan fingerprint density at radius 1 is 1.09 bits per heavy atom. The zero-order valence-corrected chi connectivity index (χ0v) is 12.8. The topological polar surface area (TPSA) is 22.0 Å². The normalized spacial score (nSPS) is 16.1. The first-order valence-corrected chi connectivity index (χ1v) is 7.70. The number of aryl methyl sites for hydroxylation is 2. The molecule has 0 amide bonds. The molecule has 0 radical (unpaired) electrons. The van der Waals surface area contributed by atoms with E-state index in [0.717, 1.165) is 34.0 Å². The number of hydrogen-bond donors (Lipinski definition) is 0. The van der Waals surface area contributed by atoms with Gasteiger partial charge in [0.25, 0.3) is 0 Å². The van der Waals surface area contributed by atoms with Crippen LogP contribution in [-0.4, -0.2) is 10.4 Å². The molecule has 0 aliphatic heterocycles. The van der Waals surface area contributed by atoms with Gasteiger partial charge < -0.3 is 4.57 Å². The number of rotatable bonds is 1. The summed E-state index contributed by atoms with van der Waals surface area (Å²) in [6, 6.07) is 12.7. The highest BCUT2D eigenvalue weighted by molar-refractivity contribution is 6.13. The van der Waals surface area contributed by atoms with E-state index < -0.39 is 0 Å². The van der Waals surface area contributed by atoms with Crippen LogP contribution in [0.25, 0.3) is 17.0 Å². The van der Waals surface area contributed by atoms with Crippen LogP contribution in [0.5, 0.6) is 0 Å². The number of benzene rings is 2. The molecular weight excluding hydrogens is 289 g/mol. The SMILES string of the molecule is Cn1ccc2cc(/C=C3\CCc4ccc(F)cc4C3=O)ccc21. The predicted molar refractivity (Wildman–Crippen MR) is 89.9 cm³/mol. The highest BCUT2D eigenvalue weighted by Gasteiger charge is 2.22. The molecule has 1 aromatic heterocycles. The first-order chi connectivity index (χ1) is 11.1. The van der Waals surface area contributed by atoms with Crippen LogP contribution >= 0.6 is 0 Å². The lowest BCUT2D eigenvalue weighted by atomic mass is 9.86. The van der Waals surface area contributed by atoms with Crippen molar-refractivity contribution in [2.45, 2.75) is 12.8 Å². The molecule has 3 aromatic rings.